The van der Waals surface area contributed by atoms with E-state index in [1.54, 1.807) is 30.3 Å². The number of aromatic hydroxyl groups is 1. The SMILES string of the molecule is NC(=O)c1nc(-c2cc(N=Nc3ccc([N+](=O)[O-])cc3)ccc2O)nc2c1[nH]c(=O)n2-c1ccccc1. The Labute approximate surface area is 206 Å². The van der Waals surface area contributed by atoms with Crippen LogP contribution in [0, 0.1) is 10.1 Å². The van der Waals surface area contributed by atoms with Crippen molar-refractivity contribution < 1.29 is 14.8 Å². The fourth-order valence-electron chi connectivity index (χ4n) is 3.62. The fraction of sp³-hybridized carbons (Fsp3) is 0. The smallest absolute Gasteiger partial charge is 0.332 e. The number of fused-ring (bicyclic) bond motifs is 1. The van der Waals surface area contributed by atoms with Crippen LogP contribution in [0.4, 0.5) is 17.1 Å². The van der Waals surface area contributed by atoms with Gasteiger partial charge >= 0.3 is 5.69 Å². The molecule has 0 spiro atoms. The number of nitro groups is 1. The molecule has 13 heteroatoms. The van der Waals surface area contributed by atoms with E-state index in [1.807, 2.05) is 0 Å². The lowest BCUT2D eigenvalue weighted by atomic mass is 10.1. The minimum atomic E-state index is -0.899. The molecule has 2 heterocycles. The largest absolute Gasteiger partial charge is 0.507 e. The summed E-state index contributed by atoms with van der Waals surface area (Å²) in [4.78, 5) is 46.4. The van der Waals surface area contributed by atoms with E-state index < -0.39 is 16.5 Å². The number of benzene rings is 3. The van der Waals surface area contributed by atoms with Crippen molar-refractivity contribution in [1.29, 1.82) is 0 Å². The van der Waals surface area contributed by atoms with Gasteiger partial charge in [-0.3, -0.25) is 14.9 Å². The van der Waals surface area contributed by atoms with Crippen molar-refractivity contribution in [2.45, 2.75) is 0 Å². The zero-order valence-corrected chi connectivity index (χ0v) is 18.8. The molecule has 13 nitrogen and oxygen atoms in total. The van der Waals surface area contributed by atoms with Crippen molar-refractivity contribution in [2.24, 2.45) is 16.0 Å². The fourth-order valence-corrected chi connectivity index (χ4v) is 3.62. The van der Waals surface area contributed by atoms with E-state index in [0.29, 0.717) is 17.1 Å². The van der Waals surface area contributed by atoms with Crippen molar-refractivity contribution in [3.05, 3.63) is 99.1 Å². The number of phenols is 1. The summed E-state index contributed by atoms with van der Waals surface area (Å²) in [6, 6.07) is 18.4. The number of nitrogens with one attached hydrogen (secondary N) is 1. The molecular formula is C24H16N8O5. The van der Waals surface area contributed by atoms with Crippen LogP contribution in [-0.4, -0.2) is 35.5 Å². The van der Waals surface area contributed by atoms with E-state index in [2.05, 4.69) is 25.2 Å². The standard InChI is InChI=1S/C24H16N8O5/c25-21(34)19-20-23(31(24(35)27-20)15-4-2-1-3-5-15)28-22(26-19)17-12-14(8-11-18(17)33)30-29-13-6-9-16(10-7-13)32(36)37/h1-12,33H,(H2,25,34)(H,27,35). The lowest BCUT2D eigenvalue weighted by Gasteiger charge is -2.08. The molecule has 5 rings (SSSR count). The number of aromatic nitrogens is 4. The number of carbonyl (C=O) groups excluding carboxylic acids is 1. The topological polar surface area (TPSA) is 195 Å². The molecule has 0 radical (unpaired) electrons. The third-order valence-corrected chi connectivity index (χ3v) is 5.35. The maximum absolute atomic E-state index is 12.7. The minimum Gasteiger partial charge on any atom is -0.507 e. The second-order valence-corrected chi connectivity index (χ2v) is 7.73. The molecule has 0 saturated carbocycles. The Morgan fingerprint density at radius 2 is 1.68 bits per heavy atom. The van der Waals surface area contributed by atoms with Gasteiger partial charge in [-0.25, -0.2) is 19.3 Å². The third kappa shape index (κ3) is 4.39. The number of nitrogens with two attached hydrogens (primary N) is 1. The van der Waals surface area contributed by atoms with Gasteiger partial charge in [-0.05, 0) is 42.5 Å². The Bertz CT molecular complexity index is 1760. The van der Waals surface area contributed by atoms with Crippen molar-refractivity contribution >= 4 is 34.1 Å². The van der Waals surface area contributed by atoms with Crippen molar-refractivity contribution in [1.82, 2.24) is 19.5 Å². The summed E-state index contributed by atoms with van der Waals surface area (Å²) >= 11 is 0. The number of amides is 1. The number of aromatic amines is 1. The molecule has 0 aliphatic carbocycles. The molecule has 0 aliphatic heterocycles. The van der Waals surface area contributed by atoms with E-state index in [4.69, 9.17) is 5.73 Å². The number of nitrogens with zero attached hydrogens (tertiary/aromatic N) is 6. The van der Waals surface area contributed by atoms with Crippen LogP contribution in [0.25, 0.3) is 28.2 Å². The maximum atomic E-state index is 12.7. The minimum absolute atomic E-state index is 0.0543. The Morgan fingerprint density at radius 3 is 2.35 bits per heavy atom. The average molecular weight is 496 g/mol. The van der Waals surface area contributed by atoms with Crippen LogP contribution in [-0.2, 0) is 0 Å². The summed E-state index contributed by atoms with van der Waals surface area (Å²) in [6.07, 6.45) is 0. The summed E-state index contributed by atoms with van der Waals surface area (Å²) in [5.41, 5.74) is 6.08. The summed E-state index contributed by atoms with van der Waals surface area (Å²) < 4.78 is 1.27. The molecule has 5 aromatic rings. The Hall–Kier alpha value is -5.72. The monoisotopic (exact) mass is 496 g/mol. The first-order valence-corrected chi connectivity index (χ1v) is 10.7. The summed E-state index contributed by atoms with van der Waals surface area (Å²) in [5, 5.41) is 29.5. The number of primary amides is 1. The molecule has 4 N–H and O–H groups in total. The number of nitro benzene ring substituents is 1. The molecule has 37 heavy (non-hydrogen) atoms. The number of para-hydroxylation sites is 1. The molecule has 0 atom stereocenters. The first kappa shape index (κ1) is 23.0. The molecule has 0 bridgehead atoms. The Kier molecular flexibility index (Phi) is 5.69. The van der Waals surface area contributed by atoms with Gasteiger partial charge in [-0.15, -0.1) is 0 Å². The normalized spacial score (nSPS) is 11.2. The van der Waals surface area contributed by atoms with E-state index in [0.717, 1.165) is 0 Å². The molecule has 3 aromatic carbocycles. The van der Waals surface area contributed by atoms with E-state index in [1.165, 1.54) is 47.0 Å². The average Bonchev–Trinajstić information content (AvgIpc) is 3.23. The lowest BCUT2D eigenvalue weighted by molar-refractivity contribution is -0.384. The van der Waals surface area contributed by atoms with E-state index in [9.17, 15) is 24.8 Å². The van der Waals surface area contributed by atoms with Gasteiger partial charge in [0.2, 0.25) is 0 Å². The summed E-state index contributed by atoms with van der Waals surface area (Å²) in [6.45, 7) is 0. The zero-order chi connectivity index (χ0) is 26.1. The Morgan fingerprint density at radius 1 is 1.00 bits per heavy atom. The summed E-state index contributed by atoms with van der Waals surface area (Å²) in [7, 11) is 0. The molecule has 182 valence electrons. The van der Waals surface area contributed by atoms with Crippen molar-refractivity contribution in [2.75, 3.05) is 0 Å². The van der Waals surface area contributed by atoms with E-state index >= 15 is 0 Å². The lowest BCUT2D eigenvalue weighted by Crippen LogP contribution is -2.15. The number of phenolic OH excluding ortho intramolecular Hbond substituents is 1. The van der Waals surface area contributed by atoms with Crippen LogP contribution in [0.3, 0.4) is 0 Å². The van der Waals surface area contributed by atoms with Crippen LogP contribution in [0.1, 0.15) is 10.5 Å². The van der Waals surface area contributed by atoms with Crippen LogP contribution in [0.5, 0.6) is 5.75 Å². The zero-order valence-electron chi connectivity index (χ0n) is 18.8. The molecule has 1 amide bonds. The highest BCUT2D eigenvalue weighted by atomic mass is 16.6. The number of hydrogen-bond acceptors (Lipinski definition) is 9. The highest BCUT2D eigenvalue weighted by Gasteiger charge is 2.21. The van der Waals surface area contributed by atoms with Crippen molar-refractivity contribution in [3.63, 3.8) is 0 Å². The van der Waals surface area contributed by atoms with Gasteiger partial charge in [0, 0.05) is 12.1 Å². The molecule has 0 fully saturated rings. The molecule has 2 aromatic heterocycles. The van der Waals surface area contributed by atoms with Gasteiger partial charge in [0.15, 0.2) is 17.2 Å². The predicted molar refractivity (Wildman–Crippen MR) is 132 cm³/mol. The van der Waals surface area contributed by atoms with Gasteiger partial charge in [0.1, 0.15) is 11.3 Å². The van der Waals surface area contributed by atoms with Crippen LogP contribution >= 0.6 is 0 Å². The number of H-pyrrole nitrogens is 1. The first-order chi connectivity index (χ1) is 17.8. The third-order valence-electron chi connectivity index (χ3n) is 5.35. The molecule has 0 unspecified atom stereocenters. The van der Waals surface area contributed by atoms with Gasteiger partial charge < -0.3 is 15.8 Å². The first-order valence-electron chi connectivity index (χ1n) is 10.7. The predicted octanol–water partition coefficient (Wildman–Crippen LogP) is 3.90. The van der Waals surface area contributed by atoms with Gasteiger partial charge in [0.05, 0.1) is 27.5 Å². The second-order valence-electron chi connectivity index (χ2n) is 7.73. The second kappa shape index (κ2) is 9.14. The number of hydrogen-bond donors (Lipinski definition) is 3. The molecular weight excluding hydrogens is 480 g/mol. The molecule has 0 aliphatic rings. The van der Waals surface area contributed by atoms with Crippen LogP contribution < -0.4 is 11.4 Å². The van der Waals surface area contributed by atoms with Crippen LogP contribution in [0.15, 0.2) is 87.8 Å². The Balaban J connectivity index is 1.62. The van der Waals surface area contributed by atoms with E-state index in [-0.39, 0.29) is 39.7 Å². The highest BCUT2D eigenvalue weighted by Crippen LogP contribution is 2.33. The number of rotatable bonds is 6. The number of carbonyl (C=O) groups is 1. The van der Waals surface area contributed by atoms with Gasteiger partial charge in [-0.1, -0.05) is 18.2 Å². The van der Waals surface area contributed by atoms with Gasteiger partial charge in [-0.2, -0.15) is 10.2 Å². The molecule has 0 saturated heterocycles. The van der Waals surface area contributed by atoms with Crippen molar-refractivity contribution in [3.8, 4) is 22.8 Å². The summed E-state index contributed by atoms with van der Waals surface area (Å²) in [5.74, 6) is -1.19. The number of non-ortho nitro benzene ring substituents is 1. The highest BCUT2D eigenvalue weighted by molar-refractivity contribution is 6.02. The number of azo groups is 1. The van der Waals surface area contributed by atoms with Gasteiger partial charge in [0.25, 0.3) is 11.6 Å². The van der Waals surface area contributed by atoms with Crippen LogP contribution in [0.2, 0.25) is 0 Å². The quantitative estimate of drug-likeness (QED) is 0.180. The number of imidazole rings is 1. The maximum Gasteiger partial charge on any atom is 0.332 e.